The Kier molecular flexibility index (Phi) is 7.28. The number of imide groups is 1. The average Bonchev–Trinajstić information content (AvgIpc) is 3.06. The highest BCUT2D eigenvalue weighted by atomic mass is 16.5. The zero-order chi connectivity index (χ0) is 22.7. The topological polar surface area (TPSA) is 73.3 Å². The fraction of sp³-hybridized carbons (Fsp3) is 0.600. The Morgan fingerprint density at radius 1 is 1.03 bits per heavy atom. The van der Waals surface area contributed by atoms with Gasteiger partial charge in [-0.2, -0.15) is 0 Å². The van der Waals surface area contributed by atoms with E-state index in [9.17, 15) is 14.7 Å². The van der Waals surface area contributed by atoms with E-state index in [0.717, 1.165) is 75.3 Å². The van der Waals surface area contributed by atoms with Crippen LogP contribution in [0.1, 0.15) is 36.0 Å². The summed E-state index contributed by atoms with van der Waals surface area (Å²) in [6.07, 6.45) is 2.61. The number of hydrogen-bond donors (Lipinski definition) is 1. The molecule has 2 fully saturated rings. The molecule has 2 amide bonds. The number of rotatable bonds is 7. The van der Waals surface area contributed by atoms with Gasteiger partial charge in [0, 0.05) is 45.9 Å². The van der Waals surface area contributed by atoms with Gasteiger partial charge in [0.2, 0.25) is 0 Å². The average molecular weight is 442 g/mol. The van der Waals surface area contributed by atoms with E-state index < -0.39 is 0 Å². The fourth-order valence-corrected chi connectivity index (χ4v) is 4.91. The van der Waals surface area contributed by atoms with Gasteiger partial charge in [-0.15, -0.1) is 0 Å². The minimum absolute atomic E-state index is 0.105. The van der Waals surface area contributed by atoms with Crippen molar-refractivity contribution in [3.8, 4) is 0 Å². The van der Waals surface area contributed by atoms with Crippen LogP contribution in [0.15, 0.2) is 23.9 Å². The lowest BCUT2D eigenvalue weighted by Gasteiger charge is -2.34. The molecule has 3 heterocycles. The molecule has 0 radical (unpaired) electrons. The molecule has 0 aromatic heterocycles. The van der Waals surface area contributed by atoms with Crippen LogP contribution < -0.4 is 0 Å². The molecule has 32 heavy (non-hydrogen) atoms. The molecule has 0 saturated carbocycles. The molecule has 0 spiro atoms. The second-order valence-electron chi connectivity index (χ2n) is 9.23. The van der Waals surface area contributed by atoms with Crippen LogP contribution in [0, 0.1) is 19.8 Å². The molecule has 0 aliphatic carbocycles. The van der Waals surface area contributed by atoms with E-state index in [0.29, 0.717) is 24.4 Å². The highest BCUT2D eigenvalue weighted by Gasteiger charge is 2.42. The summed E-state index contributed by atoms with van der Waals surface area (Å²) in [6, 6.07) is 5.98. The van der Waals surface area contributed by atoms with Crippen LogP contribution in [0.5, 0.6) is 0 Å². The number of aliphatic hydroxyl groups is 1. The van der Waals surface area contributed by atoms with Gasteiger partial charge >= 0.3 is 0 Å². The monoisotopic (exact) mass is 441 g/mol. The Bertz CT molecular complexity index is 891. The second kappa shape index (κ2) is 10.1. The van der Waals surface area contributed by atoms with Crippen LogP contribution in [0.3, 0.4) is 0 Å². The maximum Gasteiger partial charge on any atom is 0.277 e. The first-order valence-corrected chi connectivity index (χ1v) is 11.8. The van der Waals surface area contributed by atoms with Gasteiger partial charge in [0.05, 0.1) is 18.8 Å². The van der Waals surface area contributed by atoms with Crippen molar-refractivity contribution in [2.45, 2.75) is 33.1 Å². The SMILES string of the molecule is Cc1ccc(C2=C(N3CCCC(CO)C3)C(=O)N(CCCN3CCOCC3)C2=O)cc1C. The minimum atomic E-state index is -0.193. The number of carbonyl (C=O) groups is 2. The maximum absolute atomic E-state index is 13.5. The lowest BCUT2D eigenvalue weighted by atomic mass is 9.96. The molecule has 3 aliphatic heterocycles. The summed E-state index contributed by atoms with van der Waals surface area (Å²) in [5, 5.41) is 9.69. The summed E-state index contributed by atoms with van der Waals surface area (Å²) in [4.78, 5) is 32.9. The normalized spacial score (nSPS) is 22.9. The third-order valence-corrected chi connectivity index (χ3v) is 6.99. The van der Waals surface area contributed by atoms with Crippen molar-refractivity contribution in [3.05, 3.63) is 40.6 Å². The lowest BCUT2D eigenvalue weighted by Crippen LogP contribution is -2.42. The van der Waals surface area contributed by atoms with E-state index in [2.05, 4.69) is 4.90 Å². The van der Waals surface area contributed by atoms with Gasteiger partial charge in [-0.3, -0.25) is 19.4 Å². The molecule has 2 saturated heterocycles. The molecule has 0 bridgehead atoms. The Morgan fingerprint density at radius 2 is 1.81 bits per heavy atom. The predicted molar refractivity (Wildman–Crippen MR) is 123 cm³/mol. The number of carbonyl (C=O) groups excluding carboxylic acids is 2. The quantitative estimate of drug-likeness (QED) is 0.651. The highest BCUT2D eigenvalue weighted by molar-refractivity contribution is 6.35. The lowest BCUT2D eigenvalue weighted by molar-refractivity contribution is -0.137. The van der Waals surface area contributed by atoms with Crippen molar-refractivity contribution in [2.75, 3.05) is 59.1 Å². The summed E-state index contributed by atoms with van der Waals surface area (Å²) in [6.45, 7) is 10.1. The van der Waals surface area contributed by atoms with E-state index in [1.807, 2.05) is 36.9 Å². The third-order valence-electron chi connectivity index (χ3n) is 6.99. The first-order chi connectivity index (χ1) is 15.5. The molecule has 7 heteroatoms. The van der Waals surface area contributed by atoms with E-state index in [1.165, 1.54) is 4.90 Å². The maximum atomic E-state index is 13.5. The van der Waals surface area contributed by atoms with Crippen LogP contribution in [0.4, 0.5) is 0 Å². The Hall–Kier alpha value is -2.22. The van der Waals surface area contributed by atoms with E-state index >= 15 is 0 Å². The van der Waals surface area contributed by atoms with Crippen molar-refractivity contribution in [1.29, 1.82) is 0 Å². The first kappa shape index (κ1) is 23.0. The van der Waals surface area contributed by atoms with Crippen molar-refractivity contribution in [3.63, 3.8) is 0 Å². The number of piperidine rings is 1. The fourth-order valence-electron chi connectivity index (χ4n) is 4.91. The summed E-state index contributed by atoms with van der Waals surface area (Å²) in [5.41, 5.74) is 4.11. The Balaban J connectivity index is 1.58. The molecule has 4 rings (SSSR count). The molecule has 1 atom stereocenters. The highest BCUT2D eigenvalue weighted by Crippen LogP contribution is 2.34. The van der Waals surface area contributed by atoms with Gasteiger partial charge in [0.1, 0.15) is 5.70 Å². The summed E-state index contributed by atoms with van der Waals surface area (Å²) >= 11 is 0. The van der Waals surface area contributed by atoms with E-state index in [4.69, 9.17) is 4.74 Å². The van der Waals surface area contributed by atoms with Crippen molar-refractivity contribution >= 4 is 17.4 Å². The molecular formula is C25H35N3O4. The molecule has 1 aromatic rings. The number of aryl methyl sites for hydroxylation is 2. The van der Waals surface area contributed by atoms with Crippen LogP contribution in [0.2, 0.25) is 0 Å². The molecule has 174 valence electrons. The third kappa shape index (κ3) is 4.75. The van der Waals surface area contributed by atoms with Crippen molar-refractivity contribution in [1.82, 2.24) is 14.7 Å². The Morgan fingerprint density at radius 3 is 2.53 bits per heavy atom. The van der Waals surface area contributed by atoms with Crippen molar-refractivity contribution in [2.24, 2.45) is 5.92 Å². The van der Waals surface area contributed by atoms with Gasteiger partial charge in [0.25, 0.3) is 11.8 Å². The summed E-state index contributed by atoms with van der Waals surface area (Å²) in [5.74, 6) is -0.249. The van der Waals surface area contributed by atoms with Gasteiger partial charge < -0.3 is 14.7 Å². The standard InChI is InChI=1S/C25H35N3O4/c1-18-6-7-21(15-19(18)2)22-23(27-9-3-5-20(16-27)17-29)25(31)28(24(22)30)10-4-8-26-11-13-32-14-12-26/h6-7,15,20,29H,3-5,8-14,16-17H2,1-2H3. The van der Waals surface area contributed by atoms with Crippen LogP contribution in [0.25, 0.3) is 5.57 Å². The number of hydrogen-bond acceptors (Lipinski definition) is 6. The Labute approximate surface area is 190 Å². The number of benzene rings is 1. The number of morpholine rings is 1. The van der Waals surface area contributed by atoms with Gasteiger partial charge in [-0.05, 0) is 55.7 Å². The van der Waals surface area contributed by atoms with E-state index in [1.54, 1.807) is 0 Å². The molecule has 7 nitrogen and oxygen atoms in total. The predicted octanol–water partition coefficient (Wildman–Crippen LogP) is 1.81. The minimum Gasteiger partial charge on any atom is -0.396 e. The second-order valence-corrected chi connectivity index (χ2v) is 9.23. The van der Waals surface area contributed by atoms with Crippen LogP contribution in [-0.4, -0.2) is 90.7 Å². The largest absolute Gasteiger partial charge is 0.396 e. The molecule has 1 aromatic carbocycles. The van der Waals surface area contributed by atoms with Gasteiger partial charge in [0.15, 0.2) is 0 Å². The number of ether oxygens (including phenoxy) is 1. The zero-order valence-electron chi connectivity index (χ0n) is 19.3. The number of likely N-dealkylation sites (tertiary alicyclic amines) is 1. The van der Waals surface area contributed by atoms with Crippen LogP contribution in [-0.2, 0) is 14.3 Å². The van der Waals surface area contributed by atoms with E-state index in [-0.39, 0.29) is 24.3 Å². The summed E-state index contributed by atoms with van der Waals surface area (Å²) < 4.78 is 5.40. The first-order valence-electron chi connectivity index (χ1n) is 11.8. The van der Waals surface area contributed by atoms with Gasteiger partial charge in [-0.25, -0.2) is 0 Å². The van der Waals surface area contributed by atoms with Gasteiger partial charge in [-0.1, -0.05) is 18.2 Å². The van der Waals surface area contributed by atoms with Crippen LogP contribution >= 0.6 is 0 Å². The summed E-state index contributed by atoms with van der Waals surface area (Å²) in [7, 11) is 0. The zero-order valence-corrected chi connectivity index (χ0v) is 19.3. The molecule has 3 aliphatic rings. The molecule has 1 unspecified atom stereocenters. The number of amides is 2. The number of aliphatic hydroxyl groups excluding tert-OH is 1. The van der Waals surface area contributed by atoms with Crippen molar-refractivity contribution < 1.29 is 19.4 Å². The molecule has 1 N–H and O–H groups in total. The smallest absolute Gasteiger partial charge is 0.277 e. The number of nitrogens with zero attached hydrogens (tertiary/aromatic N) is 3. The molecular weight excluding hydrogens is 406 g/mol.